The monoisotopic (exact) mass is 1160 g/mol. The van der Waals surface area contributed by atoms with E-state index in [1.54, 1.807) is 35.2 Å². The van der Waals surface area contributed by atoms with Crippen molar-refractivity contribution in [1.82, 2.24) is 30.8 Å². The zero-order valence-corrected chi connectivity index (χ0v) is 44.7. The van der Waals surface area contributed by atoms with Crippen LogP contribution in [0.5, 0.6) is 0 Å². The zero-order chi connectivity index (χ0) is 57.0. The fourth-order valence-electron chi connectivity index (χ4n) is 6.75. The molecule has 4 aliphatic rings. The lowest BCUT2D eigenvalue weighted by Crippen LogP contribution is -2.71. The summed E-state index contributed by atoms with van der Waals surface area (Å²) in [6.45, 7) is 6.76. The van der Waals surface area contributed by atoms with Gasteiger partial charge in [-0.05, 0) is 41.5 Å². The van der Waals surface area contributed by atoms with Gasteiger partial charge in [-0.3, -0.25) is 24.1 Å². The molecule has 0 aliphatic carbocycles. The standard InChI is InChI=1S/C44H45N11O19S4/c1-42(2,36(63)64)71-41(69)72-53-40-46-21(17-78-40)24(52-74-44(5,6)38(67)68)28(56)47-25(31-49-22-19(15-75-31)13-70-35(22)62)30(58)50-39-45-20(16-77-39)23(51-73-43(3,4)37(65)66)29(57)48-26-32(59)55-27(34(60)61)18(14-76-33(26)55)12-54-10-8-7-9-11-54/h7-11,16-17,25-26,31,33,49H,12-15H2,1-6H3,(H7-,45,46,47,48,50,53,56,57,58,60,61,63,64,65,66,67,68)/p+1/b51-23-,52-24-/t25?,26-,31?,33-/m0/s1. The van der Waals surface area contributed by atoms with Crippen molar-refractivity contribution in [2.45, 2.75) is 87.7 Å². The Kier molecular flexibility index (Phi) is 17.0. The number of hydrogen-bond acceptors (Lipinski definition) is 25. The van der Waals surface area contributed by atoms with Gasteiger partial charge in [-0.15, -0.1) is 46.2 Å². The molecule has 4 aliphatic heterocycles. The first-order valence-corrected chi connectivity index (χ1v) is 26.4. The second-order valence-corrected chi connectivity index (χ2v) is 22.1. The zero-order valence-electron chi connectivity index (χ0n) is 41.4. The van der Waals surface area contributed by atoms with Gasteiger partial charge in [-0.1, -0.05) is 16.4 Å². The fraction of sp³-hybridized carbons (Fsp3) is 0.386. The Balaban J connectivity index is 1.14. The van der Waals surface area contributed by atoms with Gasteiger partial charge in [-0.25, -0.2) is 43.3 Å². The molecule has 78 heavy (non-hydrogen) atoms. The molecule has 0 radical (unpaired) electrons. The highest BCUT2D eigenvalue weighted by Gasteiger charge is 2.55. The minimum Gasteiger partial charge on any atom is -0.478 e. The highest BCUT2D eigenvalue weighted by atomic mass is 32.2. The number of esters is 1. The number of amides is 4. The Morgan fingerprint density at radius 2 is 1.41 bits per heavy atom. The summed E-state index contributed by atoms with van der Waals surface area (Å²) < 4.78 is 11.6. The Hall–Kier alpha value is -8.37. The highest BCUT2D eigenvalue weighted by molar-refractivity contribution is 8.00. The van der Waals surface area contributed by atoms with E-state index in [2.05, 4.69) is 47.0 Å². The van der Waals surface area contributed by atoms with E-state index < -0.39 is 111 Å². The average Bonchev–Trinajstić information content (AvgIpc) is 4.25. The second-order valence-electron chi connectivity index (χ2n) is 18.2. The number of β-lactam (4-membered cyclic amide) rings is 1. The third-order valence-electron chi connectivity index (χ3n) is 11.2. The van der Waals surface area contributed by atoms with Crippen molar-refractivity contribution < 1.29 is 96.9 Å². The van der Waals surface area contributed by atoms with Crippen molar-refractivity contribution in [1.29, 1.82) is 0 Å². The van der Waals surface area contributed by atoms with E-state index in [9.17, 15) is 68.4 Å². The van der Waals surface area contributed by atoms with Crippen molar-refractivity contribution in [2.24, 2.45) is 10.3 Å². The summed E-state index contributed by atoms with van der Waals surface area (Å²) in [5.74, 6) is -10.4. The number of oxime groups is 2. The number of thiazole rings is 2. The van der Waals surface area contributed by atoms with Crippen molar-refractivity contribution in [3.05, 3.63) is 75.3 Å². The van der Waals surface area contributed by atoms with Crippen LogP contribution in [0.1, 0.15) is 52.9 Å². The van der Waals surface area contributed by atoms with Crippen LogP contribution in [0.25, 0.3) is 0 Å². The maximum atomic E-state index is 14.5. The quantitative estimate of drug-likeness (QED) is 0.0217. The molecule has 0 spiro atoms. The minimum absolute atomic E-state index is 0.0147. The van der Waals surface area contributed by atoms with Crippen LogP contribution in [0.15, 0.2) is 74.2 Å². The van der Waals surface area contributed by atoms with Gasteiger partial charge >= 0.3 is 36.0 Å². The fourth-order valence-corrected chi connectivity index (χ4v) is 10.6. The van der Waals surface area contributed by atoms with Gasteiger partial charge in [0.2, 0.25) is 21.9 Å². The van der Waals surface area contributed by atoms with Crippen LogP contribution in [0.2, 0.25) is 0 Å². The average molecular weight is 1160 g/mol. The lowest BCUT2D eigenvalue weighted by molar-refractivity contribution is -0.689. The lowest BCUT2D eigenvalue weighted by atomic mass is 10.0. The van der Waals surface area contributed by atoms with Crippen LogP contribution in [-0.4, -0.2) is 164 Å². The van der Waals surface area contributed by atoms with Gasteiger partial charge in [0.15, 0.2) is 35.5 Å². The number of carboxylic acid groups (broad SMARTS) is 4. The molecule has 1 saturated heterocycles. The maximum Gasteiger partial charge on any atom is 0.534 e. The number of aliphatic carboxylic acids is 4. The molecule has 3 aromatic rings. The number of fused-ring (bicyclic) bond motifs is 1. The highest BCUT2D eigenvalue weighted by Crippen LogP contribution is 2.40. The van der Waals surface area contributed by atoms with E-state index in [1.807, 2.05) is 0 Å². The van der Waals surface area contributed by atoms with Crippen molar-refractivity contribution in [3.63, 3.8) is 0 Å². The number of nitrogens with one attached hydrogen (secondary N) is 5. The molecule has 1 fully saturated rings. The van der Waals surface area contributed by atoms with Crippen molar-refractivity contribution >= 4 is 128 Å². The maximum absolute atomic E-state index is 14.5. The molecule has 0 bridgehead atoms. The predicted octanol–water partition coefficient (Wildman–Crippen LogP) is 0.434. The van der Waals surface area contributed by atoms with E-state index in [0.29, 0.717) is 33.8 Å². The van der Waals surface area contributed by atoms with Gasteiger partial charge in [0.1, 0.15) is 52.2 Å². The van der Waals surface area contributed by atoms with E-state index >= 15 is 0 Å². The van der Waals surface area contributed by atoms with Crippen LogP contribution in [-0.2, 0) is 73.7 Å². The van der Waals surface area contributed by atoms with Crippen LogP contribution >= 0.6 is 46.2 Å². The molecule has 30 nitrogen and oxygen atoms in total. The summed E-state index contributed by atoms with van der Waals surface area (Å²) in [4.78, 5) is 154. The number of ether oxygens (including phenoxy) is 2. The van der Waals surface area contributed by atoms with Crippen molar-refractivity contribution in [2.75, 3.05) is 28.9 Å². The molecule has 414 valence electrons. The molecular formula is C44H46N11O19S4+. The number of pyridine rings is 1. The Bertz CT molecular complexity index is 3120. The number of nitrogens with zero attached hydrogens (tertiary/aromatic N) is 6. The summed E-state index contributed by atoms with van der Waals surface area (Å²) in [7, 11) is 0. The van der Waals surface area contributed by atoms with Gasteiger partial charge in [0, 0.05) is 45.5 Å². The van der Waals surface area contributed by atoms with E-state index in [1.165, 1.54) is 22.5 Å². The number of hydrogen-bond donors (Lipinski definition) is 9. The largest absolute Gasteiger partial charge is 0.534 e. The molecular weight excluding hydrogens is 1110 g/mol. The molecule has 0 aromatic carbocycles. The normalized spacial score (nSPS) is 18.9. The first-order chi connectivity index (χ1) is 36.7. The van der Waals surface area contributed by atoms with E-state index in [0.717, 1.165) is 58.2 Å². The molecule has 4 amide bonds. The molecule has 4 atom stereocenters. The van der Waals surface area contributed by atoms with Crippen LogP contribution in [0.4, 0.5) is 15.1 Å². The number of carboxylic acids is 4. The first kappa shape index (κ1) is 57.3. The Morgan fingerprint density at radius 3 is 2.01 bits per heavy atom. The summed E-state index contributed by atoms with van der Waals surface area (Å²) in [5, 5.41) is 56.8. The van der Waals surface area contributed by atoms with Crippen LogP contribution < -0.4 is 31.3 Å². The Labute approximate surface area is 455 Å². The number of thioether (sulfide) groups is 2. The third kappa shape index (κ3) is 12.9. The summed E-state index contributed by atoms with van der Waals surface area (Å²) in [6, 6.07) is 2.28. The molecule has 34 heteroatoms. The minimum atomic E-state index is -2.05. The summed E-state index contributed by atoms with van der Waals surface area (Å²) in [6.07, 6.45) is 1.98. The molecule has 7 heterocycles. The number of anilines is 2. The first-order valence-electron chi connectivity index (χ1n) is 22.5. The van der Waals surface area contributed by atoms with Gasteiger partial charge in [0.25, 0.3) is 23.6 Å². The number of carbonyl (C=O) groups excluding carboxylic acids is 6. The SMILES string of the molecule is CC(C)(O/N=C(\C(=O)NC(C(=O)Nc1nc(/C(=N/OC(C)(C)C(=O)O)C(=O)N[C@H]2C(=O)N3C(C(=O)O)=C(C[n+]4ccccc4)CS[C@@H]23)cs1)C1NC2=C(COC2=O)CS1)c1csc(NOC(=O)OC(C)(C)C(=O)O)n1)C(=O)O. The molecule has 9 N–H and O–H groups in total. The topological polar surface area (TPSA) is 416 Å². The number of cyclic esters (lactones) is 1. The van der Waals surface area contributed by atoms with Crippen LogP contribution in [0.3, 0.4) is 0 Å². The Morgan fingerprint density at radius 1 is 0.821 bits per heavy atom. The number of carbonyl (C=O) groups is 10. The van der Waals surface area contributed by atoms with Gasteiger partial charge < -0.3 is 65.7 Å². The lowest BCUT2D eigenvalue weighted by Gasteiger charge is -2.49. The van der Waals surface area contributed by atoms with Gasteiger partial charge in [-0.2, -0.15) is 5.48 Å². The van der Waals surface area contributed by atoms with Gasteiger partial charge in [0.05, 0.1) is 0 Å². The summed E-state index contributed by atoms with van der Waals surface area (Å²) >= 11 is 3.67. The smallest absolute Gasteiger partial charge is 0.478 e. The third-order valence-corrected chi connectivity index (χ3v) is 15.3. The van der Waals surface area contributed by atoms with E-state index in [4.69, 9.17) is 24.0 Å². The second kappa shape index (κ2) is 23.1. The summed E-state index contributed by atoms with van der Waals surface area (Å²) in [5.41, 5.74) is -5.27. The molecule has 0 saturated carbocycles. The number of aromatic nitrogens is 3. The predicted molar refractivity (Wildman–Crippen MR) is 270 cm³/mol. The van der Waals surface area contributed by atoms with Crippen LogP contribution in [0, 0.1) is 0 Å². The van der Waals surface area contributed by atoms with Crippen molar-refractivity contribution in [3.8, 4) is 0 Å². The molecule has 2 unspecified atom stereocenters. The van der Waals surface area contributed by atoms with E-state index in [-0.39, 0.29) is 57.7 Å². The number of rotatable bonds is 22. The molecule has 3 aromatic heterocycles. The molecule has 7 rings (SSSR count).